The highest BCUT2D eigenvalue weighted by molar-refractivity contribution is 9.10. The maximum absolute atomic E-state index is 12.3. The Balaban J connectivity index is 2.33. The molecule has 7 heteroatoms. The number of rotatable bonds is 3. The van der Waals surface area contributed by atoms with Gasteiger partial charge >= 0.3 is 0 Å². The van der Waals surface area contributed by atoms with Crippen LogP contribution in [0.5, 0.6) is 0 Å². The first-order valence-electron chi connectivity index (χ1n) is 6.07. The molecule has 0 atom stereocenters. The second-order valence-corrected chi connectivity index (χ2v) is 5.40. The summed E-state index contributed by atoms with van der Waals surface area (Å²) in [5.41, 5.74) is 1.30. The molecular weight excluding hydrogens is 338 g/mol. The first kappa shape index (κ1) is 15.1. The molecule has 1 amide bonds. The predicted molar refractivity (Wildman–Crippen MR) is 82.5 cm³/mol. The number of aryl methyl sites for hydroxylation is 1. The average molecular weight is 350 g/mol. The van der Waals surface area contributed by atoms with E-state index in [4.69, 9.17) is 0 Å². The van der Waals surface area contributed by atoms with E-state index in [1.807, 2.05) is 13.0 Å². The van der Waals surface area contributed by atoms with Crippen LogP contribution in [-0.4, -0.2) is 15.8 Å². The molecule has 0 bridgehead atoms. The molecule has 2 rings (SSSR count). The lowest BCUT2D eigenvalue weighted by molar-refractivity contribution is -0.385. The maximum atomic E-state index is 12.3. The van der Waals surface area contributed by atoms with Crippen LogP contribution in [0.15, 0.2) is 34.9 Å². The van der Waals surface area contributed by atoms with E-state index in [0.717, 1.165) is 10.0 Å². The van der Waals surface area contributed by atoms with E-state index in [2.05, 4.69) is 26.2 Å². The van der Waals surface area contributed by atoms with Crippen molar-refractivity contribution in [3.63, 3.8) is 0 Å². The van der Waals surface area contributed by atoms with Crippen molar-refractivity contribution in [2.75, 3.05) is 5.32 Å². The molecule has 1 N–H and O–H groups in total. The standard InChI is InChI=1S/C14H12BrN3O3/c1-8-6-10(15)7-16-13(8)17-14(19)11-4-3-5-12(9(11)2)18(20)21/h3-7H,1-2H3,(H,16,17,19). The number of aromatic nitrogens is 1. The van der Waals surface area contributed by atoms with Crippen LogP contribution in [0.2, 0.25) is 0 Å². The molecule has 108 valence electrons. The largest absolute Gasteiger partial charge is 0.306 e. The van der Waals surface area contributed by atoms with Gasteiger partial charge in [-0.2, -0.15) is 0 Å². The number of halogens is 1. The van der Waals surface area contributed by atoms with Crippen molar-refractivity contribution in [3.8, 4) is 0 Å². The number of pyridine rings is 1. The SMILES string of the molecule is Cc1cc(Br)cnc1NC(=O)c1cccc([N+](=O)[O-])c1C. The summed E-state index contributed by atoms with van der Waals surface area (Å²) in [5, 5.41) is 13.6. The molecule has 1 heterocycles. The van der Waals surface area contributed by atoms with Gasteiger partial charge in [0.2, 0.25) is 0 Å². The summed E-state index contributed by atoms with van der Waals surface area (Å²) >= 11 is 3.29. The zero-order chi connectivity index (χ0) is 15.6. The van der Waals surface area contributed by atoms with Crippen molar-refractivity contribution < 1.29 is 9.72 Å². The quantitative estimate of drug-likeness (QED) is 0.677. The number of benzene rings is 1. The Kier molecular flexibility index (Phi) is 4.32. The monoisotopic (exact) mass is 349 g/mol. The third kappa shape index (κ3) is 3.25. The normalized spacial score (nSPS) is 10.2. The van der Waals surface area contributed by atoms with Crippen LogP contribution in [0.4, 0.5) is 11.5 Å². The number of nitrogens with one attached hydrogen (secondary N) is 1. The van der Waals surface area contributed by atoms with E-state index >= 15 is 0 Å². The van der Waals surface area contributed by atoms with E-state index in [0.29, 0.717) is 11.4 Å². The van der Waals surface area contributed by atoms with Gasteiger partial charge in [0.1, 0.15) is 5.82 Å². The second kappa shape index (κ2) is 6.01. The molecule has 0 aliphatic carbocycles. The topological polar surface area (TPSA) is 85.1 Å². The summed E-state index contributed by atoms with van der Waals surface area (Å²) in [6.45, 7) is 3.36. The smallest absolute Gasteiger partial charge is 0.273 e. The van der Waals surface area contributed by atoms with Gasteiger partial charge in [0.15, 0.2) is 0 Å². The van der Waals surface area contributed by atoms with Crippen molar-refractivity contribution in [3.05, 3.63) is 61.7 Å². The molecule has 21 heavy (non-hydrogen) atoms. The van der Waals surface area contributed by atoms with Crippen LogP contribution >= 0.6 is 15.9 Å². The minimum Gasteiger partial charge on any atom is -0.306 e. The molecular formula is C14H12BrN3O3. The fourth-order valence-electron chi connectivity index (χ4n) is 1.91. The Labute approximate surface area is 129 Å². The second-order valence-electron chi connectivity index (χ2n) is 4.48. The summed E-state index contributed by atoms with van der Waals surface area (Å²) in [4.78, 5) is 26.8. The molecule has 0 saturated carbocycles. The minimum atomic E-state index is -0.505. The van der Waals surface area contributed by atoms with Crippen LogP contribution in [0.25, 0.3) is 0 Å². The number of carbonyl (C=O) groups excluding carboxylic acids is 1. The van der Waals surface area contributed by atoms with Gasteiger partial charge in [-0.3, -0.25) is 14.9 Å². The molecule has 0 aliphatic heterocycles. The van der Waals surface area contributed by atoms with Gasteiger partial charge in [0, 0.05) is 27.9 Å². The summed E-state index contributed by atoms with van der Waals surface area (Å²) < 4.78 is 0.810. The fourth-order valence-corrected chi connectivity index (χ4v) is 2.36. The number of nitro groups is 1. The van der Waals surface area contributed by atoms with Gasteiger partial charge in [-0.1, -0.05) is 6.07 Å². The third-order valence-corrected chi connectivity index (χ3v) is 3.46. The third-order valence-electron chi connectivity index (χ3n) is 3.02. The average Bonchev–Trinajstić information content (AvgIpc) is 2.41. The van der Waals surface area contributed by atoms with Crippen molar-refractivity contribution >= 4 is 33.3 Å². The Bertz CT molecular complexity index is 731. The first-order valence-corrected chi connectivity index (χ1v) is 6.87. The number of nitro benzene ring substituents is 1. The van der Waals surface area contributed by atoms with E-state index in [9.17, 15) is 14.9 Å². The Morgan fingerprint density at radius 2 is 2.10 bits per heavy atom. The van der Waals surface area contributed by atoms with Gasteiger partial charge in [-0.05, 0) is 47.5 Å². The highest BCUT2D eigenvalue weighted by atomic mass is 79.9. The van der Waals surface area contributed by atoms with Crippen molar-refractivity contribution in [1.29, 1.82) is 0 Å². The number of carbonyl (C=O) groups is 1. The van der Waals surface area contributed by atoms with E-state index < -0.39 is 10.8 Å². The Hall–Kier alpha value is -2.28. The summed E-state index contributed by atoms with van der Waals surface area (Å²) in [7, 11) is 0. The number of anilines is 1. The molecule has 0 unspecified atom stereocenters. The van der Waals surface area contributed by atoms with E-state index in [1.54, 1.807) is 19.2 Å². The first-order chi connectivity index (χ1) is 9.90. The molecule has 0 aliphatic rings. The Morgan fingerprint density at radius 3 is 2.71 bits per heavy atom. The molecule has 0 saturated heterocycles. The maximum Gasteiger partial charge on any atom is 0.273 e. The van der Waals surface area contributed by atoms with E-state index in [-0.39, 0.29) is 11.3 Å². The van der Waals surface area contributed by atoms with Crippen molar-refractivity contribution in [2.24, 2.45) is 0 Å². The van der Waals surface area contributed by atoms with Crippen LogP contribution in [0.3, 0.4) is 0 Å². The lowest BCUT2D eigenvalue weighted by atomic mass is 10.1. The van der Waals surface area contributed by atoms with Crippen LogP contribution in [0, 0.1) is 24.0 Å². The van der Waals surface area contributed by atoms with Gasteiger partial charge in [0.05, 0.1) is 4.92 Å². The van der Waals surface area contributed by atoms with Gasteiger partial charge < -0.3 is 5.32 Å². The number of hydrogen-bond acceptors (Lipinski definition) is 4. The molecule has 1 aromatic carbocycles. The van der Waals surface area contributed by atoms with Gasteiger partial charge in [0.25, 0.3) is 11.6 Å². The number of nitrogens with zero attached hydrogens (tertiary/aromatic N) is 2. The summed E-state index contributed by atoms with van der Waals surface area (Å²) in [6.07, 6.45) is 1.57. The molecule has 2 aromatic rings. The lowest BCUT2D eigenvalue weighted by Gasteiger charge is -2.09. The number of hydrogen-bond donors (Lipinski definition) is 1. The van der Waals surface area contributed by atoms with E-state index in [1.165, 1.54) is 12.1 Å². The molecule has 1 aromatic heterocycles. The minimum absolute atomic E-state index is 0.0804. The summed E-state index contributed by atoms with van der Waals surface area (Å²) in [6, 6.07) is 6.23. The number of amides is 1. The highest BCUT2D eigenvalue weighted by Crippen LogP contribution is 2.23. The van der Waals surface area contributed by atoms with Gasteiger partial charge in [-0.15, -0.1) is 0 Å². The van der Waals surface area contributed by atoms with Crippen LogP contribution in [-0.2, 0) is 0 Å². The molecule has 0 fully saturated rings. The zero-order valence-electron chi connectivity index (χ0n) is 11.4. The molecule has 6 nitrogen and oxygen atoms in total. The van der Waals surface area contributed by atoms with Crippen LogP contribution < -0.4 is 5.32 Å². The molecule has 0 radical (unpaired) electrons. The van der Waals surface area contributed by atoms with Gasteiger partial charge in [-0.25, -0.2) is 4.98 Å². The van der Waals surface area contributed by atoms with Crippen LogP contribution in [0.1, 0.15) is 21.5 Å². The predicted octanol–water partition coefficient (Wildman–Crippen LogP) is 3.62. The van der Waals surface area contributed by atoms with Crippen molar-refractivity contribution in [2.45, 2.75) is 13.8 Å². The fraction of sp³-hybridized carbons (Fsp3) is 0.143. The summed E-state index contributed by atoms with van der Waals surface area (Å²) in [5.74, 6) is 0.00299. The Morgan fingerprint density at radius 1 is 1.38 bits per heavy atom. The lowest BCUT2D eigenvalue weighted by Crippen LogP contribution is -2.15. The molecule has 0 spiro atoms. The highest BCUT2D eigenvalue weighted by Gasteiger charge is 2.18. The van der Waals surface area contributed by atoms with Crippen molar-refractivity contribution in [1.82, 2.24) is 4.98 Å². The zero-order valence-corrected chi connectivity index (χ0v) is 13.0.